The predicted octanol–water partition coefficient (Wildman–Crippen LogP) is -0.284. The first-order chi connectivity index (χ1) is 5.00. The van der Waals surface area contributed by atoms with Gasteiger partial charge in [0.25, 0.3) is 0 Å². The molecule has 0 unspecified atom stereocenters. The van der Waals surface area contributed by atoms with E-state index in [1.54, 1.807) is 0 Å². The van der Waals surface area contributed by atoms with Gasteiger partial charge >= 0.3 is 0 Å². The molecule has 11 heavy (non-hydrogen) atoms. The lowest BCUT2D eigenvalue weighted by Gasteiger charge is -1.96. The molecule has 1 radical (unpaired) electrons. The van der Waals surface area contributed by atoms with Gasteiger partial charge in [0.15, 0.2) is 0 Å². The molecular weight excluding hydrogens is 164 g/mol. The molecule has 1 aromatic rings. The zero-order valence-corrected chi connectivity index (χ0v) is 6.43. The Morgan fingerprint density at radius 3 is 2.36 bits per heavy atom. The molecule has 0 aliphatic heterocycles. The Balaban J connectivity index is 3.28. The van der Waals surface area contributed by atoms with E-state index < -0.39 is 10.0 Å². The van der Waals surface area contributed by atoms with Crippen LogP contribution in [0, 0.1) is 6.07 Å². The van der Waals surface area contributed by atoms with Crippen molar-refractivity contribution in [3.63, 3.8) is 0 Å². The first-order valence-electron chi connectivity index (χ1n) is 2.81. The van der Waals surface area contributed by atoms with E-state index in [0.717, 1.165) is 0 Å². The van der Waals surface area contributed by atoms with Crippen molar-refractivity contribution in [2.24, 2.45) is 5.14 Å². The summed E-state index contributed by atoms with van der Waals surface area (Å²) in [4.78, 5) is -0.0856. The van der Waals surface area contributed by atoms with Gasteiger partial charge in [-0.05, 0) is 12.1 Å². The van der Waals surface area contributed by atoms with Gasteiger partial charge in [-0.25, -0.2) is 13.6 Å². The van der Waals surface area contributed by atoms with E-state index in [9.17, 15) is 8.42 Å². The van der Waals surface area contributed by atoms with Crippen LogP contribution in [-0.2, 0) is 10.0 Å². The molecular formula is C6H7N2O2S. The van der Waals surface area contributed by atoms with Gasteiger partial charge in [0.1, 0.15) is 0 Å². The van der Waals surface area contributed by atoms with Crippen LogP contribution >= 0.6 is 0 Å². The highest BCUT2D eigenvalue weighted by atomic mass is 32.2. The third kappa shape index (κ3) is 1.92. The van der Waals surface area contributed by atoms with Crippen molar-refractivity contribution in [1.29, 1.82) is 0 Å². The van der Waals surface area contributed by atoms with Crippen LogP contribution in [0.2, 0.25) is 0 Å². The Morgan fingerprint density at radius 2 is 2.00 bits per heavy atom. The third-order valence-electron chi connectivity index (χ3n) is 1.10. The summed E-state index contributed by atoms with van der Waals surface area (Å²) in [6.45, 7) is 0. The van der Waals surface area contributed by atoms with E-state index >= 15 is 0 Å². The van der Waals surface area contributed by atoms with Crippen molar-refractivity contribution in [3.8, 4) is 0 Å². The van der Waals surface area contributed by atoms with Gasteiger partial charge in [0.05, 0.1) is 4.90 Å². The second-order valence-electron chi connectivity index (χ2n) is 2.02. The molecule has 0 amide bonds. The number of nitrogen functional groups attached to an aromatic ring is 1. The lowest BCUT2D eigenvalue weighted by Crippen LogP contribution is -2.12. The van der Waals surface area contributed by atoms with Gasteiger partial charge < -0.3 is 5.73 Å². The van der Waals surface area contributed by atoms with Crippen LogP contribution in [0.1, 0.15) is 0 Å². The van der Waals surface area contributed by atoms with Crippen molar-refractivity contribution in [2.45, 2.75) is 4.90 Å². The number of hydrogen-bond acceptors (Lipinski definition) is 3. The van der Waals surface area contributed by atoms with Crippen LogP contribution in [0.5, 0.6) is 0 Å². The molecule has 0 spiro atoms. The van der Waals surface area contributed by atoms with E-state index in [1.807, 2.05) is 0 Å². The Hall–Kier alpha value is -1.07. The molecule has 1 aromatic carbocycles. The number of anilines is 1. The van der Waals surface area contributed by atoms with E-state index in [0.29, 0.717) is 0 Å². The molecule has 59 valence electrons. The molecule has 0 saturated carbocycles. The largest absolute Gasteiger partial charge is 0.398 e. The predicted molar refractivity (Wildman–Crippen MR) is 41.1 cm³/mol. The van der Waals surface area contributed by atoms with Gasteiger partial charge in [0.2, 0.25) is 10.0 Å². The van der Waals surface area contributed by atoms with Crippen LogP contribution in [-0.4, -0.2) is 8.42 Å². The highest BCUT2D eigenvalue weighted by Gasteiger charge is 2.06. The molecule has 0 fully saturated rings. The Kier molecular flexibility index (Phi) is 1.84. The first-order valence-corrected chi connectivity index (χ1v) is 4.35. The lowest BCUT2D eigenvalue weighted by molar-refractivity contribution is 0.597. The molecule has 4 N–H and O–H groups in total. The van der Waals surface area contributed by atoms with Gasteiger partial charge in [-0.3, -0.25) is 0 Å². The summed E-state index contributed by atoms with van der Waals surface area (Å²) in [6.07, 6.45) is 0. The third-order valence-corrected chi connectivity index (χ3v) is 1.95. The van der Waals surface area contributed by atoms with Crippen molar-refractivity contribution in [3.05, 3.63) is 24.3 Å². The zero-order valence-electron chi connectivity index (χ0n) is 5.61. The molecule has 0 heterocycles. The van der Waals surface area contributed by atoms with E-state index in [2.05, 4.69) is 6.07 Å². The fourth-order valence-corrected chi connectivity index (χ4v) is 1.16. The summed E-state index contributed by atoms with van der Waals surface area (Å²) >= 11 is 0. The van der Waals surface area contributed by atoms with E-state index in [4.69, 9.17) is 10.9 Å². The Morgan fingerprint density at radius 1 is 1.36 bits per heavy atom. The molecule has 0 saturated heterocycles. The smallest absolute Gasteiger partial charge is 0.238 e. The standard InChI is InChI=1S/C6H7N2O2S/c7-5-2-1-3-6(4-5)11(8,9)10/h1-3H,7H2,(H2,8,9,10). The van der Waals surface area contributed by atoms with Crippen LogP contribution in [0.25, 0.3) is 0 Å². The van der Waals surface area contributed by atoms with Gasteiger partial charge in [-0.1, -0.05) is 6.07 Å². The molecule has 4 nitrogen and oxygen atoms in total. The van der Waals surface area contributed by atoms with Crippen LogP contribution in [0.3, 0.4) is 0 Å². The first kappa shape index (κ1) is 8.03. The molecule has 0 atom stereocenters. The number of benzene rings is 1. The molecule has 0 bridgehead atoms. The highest BCUT2D eigenvalue weighted by molar-refractivity contribution is 7.89. The summed E-state index contributed by atoms with van der Waals surface area (Å²) in [6, 6.07) is 6.79. The maximum absolute atomic E-state index is 10.7. The Bertz CT molecular complexity index is 359. The second kappa shape index (κ2) is 2.52. The molecule has 0 aliphatic carbocycles. The minimum Gasteiger partial charge on any atom is -0.398 e. The fraction of sp³-hybridized carbons (Fsp3) is 0. The number of hydrogen-bond donors (Lipinski definition) is 2. The number of rotatable bonds is 1. The quantitative estimate of drug-likeness (QED) is 0.569. The fourth-order valence-electron chi connectivity index (χ4n) is 0.631. The van der Waals surface area contributed by atoms with Crippen molar-refractivity contribution in [1.82, 2.24) is 0 Å². The number of primary sulfonamides is 1. The lowest BCUT2D eigenvalue weighted by atomic mass is 10.3. The van der Waals surface area contributed by atoms with Crippen molar-refractivity contribution >= 4 is 15.7 Å². The van der Waals surface area contributed by atoms with Crippen molar-refractivity contribution in [2.75, 3.05) is 5.73 Å². The van der Waals surface area contributed by atoms with Gasteiger partial charge in [-0.2, -0.15) is 0 Å². The summed E-state index contributed by atoms with van der Waals surface area (Å²) < 4.78 is 21.4. The average molecular weight is 171 g/mol. The summed E-state index contributed by atoms with van der Waals surface area (Å²) in [5.74, 6) is 0. The van der Waals surface area contributed by atoms with Crippen molar-refractivity contribution < 1.29 is 8.42 Å². The summed E-state index contributed by atoms with van der Waals surface area (Å²) in [5, 5.41) is 4.81. The van der Waals surface area contributed by atoms with Gasteiger partial charge in [-0.15, -0.1) is 0 Å². The Labute approximate surface area is 64.9 Å². The highest BCUT2D eigenvalue weighted by Crippen LogP contribution is 2.08. The summed E-state index contributed by atoms with van der Waals surface area (Å²) in [7, 11) is -3.66. The monoisotopic (exact) mass is 171 g/mol. The number of nitrogens with two attached hydrogens (primary N) is 2. The minimum absolute atomic E-state index is 0.0856. The topological polar surface area (TPSA) is 86.2 Å². The van der Waals surface area contributed by atoms with Crippen LogP contribution in [0.15, 0.2) is 23.1 Å². The zero-order chi connectivity index (χ0) is 8.48. The second-order valence-corrected chi connectivity index (χ2v) is 3.55. The van der Waals surface area contributed by atoms with E-state index in [1.165, 1.54) is 18.2 Å². The maximum atomic E-state index is 10.7. The molecule has 1 rings (SSSR count). The van der Waals surface area contributed by atoms with Crippen LogP contribution in [0.4, 0.5) is 5.69 Å². The van der Waals surface area contributed by atoms with Gasteiger partial charge in [0, 0.05) is 11.8 Å². The molecule has 0 aliphatic rings. The molecule has 0 aromatic heterocycles. The summed E-state index contributed by atoms with van der Waals surface area (Å²) in [5.41, 5.74) is 5.54. The molecule has 5 heteroatoms. The SMILES string of the molecule is Nc1[c]c(S(N)(=O)=O)ccc1. The normalized spacial score (nSPS) is 11.4. The average Bonchev–Trinajstić information content (AvgIpc) is 1.86. The van der Waals surface area contributed by atoms with Crippen LogP contribution < -0.4 is 10.9 Å². The maximum Gasteiger partial charge on any atom is 0.238 e. The van der Waals surface area contributed by atoms with E-state index in [-0.39, 0.29) is 10.6 Å². The minimum atomic E-state index is -3.66. The number of sulfonamides is 1.